The number of hydrogen-bond donors (Lipinski definition) is 0. The first-order chi connectivity index (χ1) is 5.40. The van der Waals surface area contributed by atoms with E-state index >= 15 is 0 Å². The van der Waals surface area contributed by atoms with Gasteiger partial charge in [-0.05, 0) is 10.3 Å². The number of rotatable bonds is 1. The molecule has 12 heavy (non-hydrogen) atoms. The van der Waals surface area contributed by atoms with Crippen molar-refractivity contribution in [1.82, 2.24) is 5.16 Å². The third-order valence-corrected chi connectivity index (χ3v) is 1.61. The van der Waals surface area contributed by atoms with Crippen LogP contribution in [0.15, 0.2) is 4.63 Å². The first kappa shape index (κ1) is 9.03. The molecule has 0 aliphatic rings. The second-order valence-corrected chi connectivity index (χ2v) is 4.20. The molecule has 0 aromatic carbocycles. The fourth-order valence-corrected chi connectivity index (χ4v) is 0.982. The van der Waals surface area contributed by atoms with Gasteiger partial charge >= 0.3 is 0 Å². The van der Waals surface area contributed by atoms with E-state index in [1.807, 2.05) is 0 Å². The van der Waals surface area contributed by atoms with Gasteiger partial charge in [0.05, 0.1) is 0 Å². The molecule has 68 valence electrons. The Labute approximate surface area is 71.7 Å². The normalized spacial score (nSPS) is 12.0. The summed E-state index contributed by atoms with van der Waals surface area (Å²) in [5.41, 5.74) is 1.44. The Kier molecular flexibility index (Phi) is 2.08. The Morgan fingerprint density at radius 1 is 1.50 bits per heavy atom. The summed E-state index contributed by atoms with van der Waals surface area (Å²) in [6, 6.07) is 0. The van der Waals surface area contributed by atoms with E-state index in [-0.39, 0.29) is 5.41 Å². The van der Waals surface area contributed by atoms with Gasteiger partial charge in [0.25, 0.3) is 0 Å². The molecule has 0 N–H and O–H groups in total. The molecule has 0 radical (unpaired) electrons. The molecule has 4 heteroatoms. The van der Waals surface area contributed by atoms with Crippen molar-refractivity contribution in [2.45, 2.75) is 34.1 Å². The lowest BCUT2D eigenvalue weighted by molar-refractivity contribution is -0.806. The molecule has 0 fully saturated rings. The molecule has 1 heterocycles. The maximum absolute atomic E-state index is 10.8. The lowest BCUT2D eigenvalue weighted by Gasteiger charge is -2.13. The minimum atomic E-state index is 0.134. The molecule has 0 saturated carbocycles. The number of nitrogens with zero attached hydrogens (tertiary/aromatic N) is 2. The minimum absolute atomic E-state index is 0.134. The first-order valence-electron chi connectivity index (χ1n) is 3.95. The van der Waals surface area contributed by atoms with Crippen molar-refractivity contribution in [2.75, 3.05) is 0 Å². The van der Waals surface area contributed by atoms with Crippen LogP contribution in [0.3, 0.4) is 0 Å². The fraction of sp³-hybridized carbons (Fsp3) is 0.750. The average molecular weight is 170 g/mol. The summed E-state index contributed by atoms with van der Waals surface area (Å²) in [5.74, 6) is 0. The maximum atomic E-state index is 10.8. The van der Waals surface area contributed by atoms with Crippen molar-refractivity contribution >= 4 is 0 Å². The van der Waals surface area contributed by atoms with Crippen LogP contribution in [0.1, 0.15) is 32.2 Å². The highest BCUT2D eigenvalue weighted by Gasteiger charge is 2.21. The summed E-state index contributed by atoms with van der Waals surface area (Å²) in [4.78, 5) is 0.446. The molecule has 0 atom stereocenters. The second kappa shape index (κ2) is 2.77. The first-order valence-corrected chi connectivity index (χ1v) is 3.95. The van der Waals surface area contributed by atoms with Gasteiger partial charge in [0.15, 0.2) is 5.69 Å². The lowest BCUT2D eigenvalue weighted by atomic mass is 9.90. The van der Waals surface area contributed by atoms with Gasteiger partial charge in [-0.1, -0.05) is 20.8 Å². The van der Waals surface area contributed by atoms with E-state index in [1.165, 1.54) is 0 Å². The average Bonchev–Trinajstić information content (AvgIpc) is 2.16. The third-order valence-electron chi connectivity index (χ3n) is 1.61. The van der Waals surface area contributed by atoms with Crippen molar-refractivity contribution in [3.05, 3.63) is 16.6 Å². The summed E-state index contributed by atoms with van der Waals surface area (Å²) in [6.07, 6.45) is 0.761. The molecule has 1 rings (SSSR count). The SMILES string of the molecule is Cc1c(CC(C)(C)C)no[n+]1[O-]. The Balaban J connectivity index is 2.83. The van der Waals surface area contributed by atoms with Gasteiger partial charge in [-0.25, -0.2) is 0 Å². The Morgan fingerprint density at radius 3 is 2.42 bits per heavy atom. The molecule has 0 spiro atoms. The topological polar surface area (TPSA) is 53.0 Å². The monoisotopic (exact) mass is 170 g/mol. The Hall–Kier alpha value is -1.06. The highest BCUT2D eigenvalue weighted by atomic mass is 16.8. The quantitative estimate of drug-likeness (QED) is 0.595. The van der Waals surface area contributed by atoms with E-state index in [0.29, 0.717) is 10.6 Å². The minimum Gasteiger partial charge on any atom is -0.359 e. The van der Waals surface area contributed by atoms with Crippen LogP contribution in [0.25, 0.3) is 0 Å². The predicted molar refractivity (Wildman–Crippen MR) is 43.4 cm³/mol. The molecule has 4 nitrogen and oxygen atoms in total. The van der Waals surface area contributed by atoms with E-state index < -0.39 is 0 Å². The standard InChI is InChI=1S/C8H14N2O2/c1-6-7(5-8(2,3)4)9-12-10(6)11/h5H2,1-4H3. The fourth-order valence-electron chi connectivity index (χ4n) is 0.982. The van der Waals surface area contributed by atoms with E-state index in [9.17, 15) is 5.21 Å². The van der Waals surface area contributed by atoms with Crippen molar-refractivity contribution in [1.29, 1.82) is 0 Å². The molecule has 0 unspecified atom stereocenters. The Morgan fingerprint density at radius 2 is 2.08 bits per heavy atom. The third kappa shape index (κ3) is 1.96. The molecule has 1 aromatic rings. The molecule has 0 amide bonds. The summed E-state index contributed by atoms with van der Waals surface area (Å²) < 4.78 is 4.45. The van der Waals surface area contributed by atoms with Crippen LogP contribution in [0.5, 0.6) is 0 Å². The molecular weight excluding hydrogens is 156 g/mol. The molecule has 1 aromatic heterocycles. The van der Waals surface area contributed by atoms with Gasteiger partial charge in [0.2, 0.25) is 5.69 Å². The molecule has 0 aliphatic heterocycles. The number of hydrogen-bond acceptors (Lipinski definition) is 3. The molecule has 0 aliphatic carbocycles. The van der Waals surface area contributed by atoms with Crippen LogP contribution in [-0.4, -0.2) is 5.16 Å². The zero-order valence-electron chi connectivity index (χ0n) is 7.92. The van der Waals surface area contributed by atoms with Crippen LogP contribution in [0, 0.1) is 17.5 Å². The summed E-state index contributed by atoms with van der Waals surface area (Å²) >= 11 is 0. The highest BCUT2D eigenvalue weighted by molar-refractivity contribution is 5.03. The molecule has 0 saturated heterocycles. The zero-order chi connectivity index (χ0) is 9.35. The van der Waals surface area contributed by atoms with Crippen molar-refractivity contribution in [3.8, 4) is 0 Å². The van der Waals surface area contributed by atoms with Crippen LogP contribution in [0.4, 0.5) is 0 Å². The smallest absolute Gasteiger partial charge is 0.221 e. The largest absolute Gasteiger partial charge is 0.359 e. The summed E-state index contributed by atoms with van der Waals surface area (Å²) in [7, 11) is 0. The van der Waals surface area contributed by atoms with Gasteiger partial charge in [-0.15, -0.1) is 0 Å². The molecular formula is C8H14N2O2. The van der Waals surface area contributed by atoms with Gasteiger partial charge in [-0.3, -0.25) is 4.63 Å². The van der Waals surface area contributed by atoms with E-state index in [1.54, 1.807) is 6.92 Å². The van der Waals surface area contributed by atoms with Crippen LogP contribution in [0.2, 0.25) is 0 Å². The van der Waals surface area contributed by atoms with Crippen LogP contribution in [-0.2, 0) is 6.42 Å². The van der Waals surface area contributed by atoms with E-state index in [0.717, 1.165) is 12.1 Å². The summed E-state index contributed by atoms with van der Waals surface area (Å²) in [6.45, 7) is 7.99. The lowest BCUT2D eigenvalue weighted by Crippen LogP contribution is -2.26. The van der Waals surface area contributed by atoms with Crippen LogP contribution < -0.4 is 4.90 Å². The van der Waals surface area contributed by atoms with Gasteiger partial charge in [0.1, 0.15) is 0 Å². The van der Waals surface area contributed by atoms with E-state index in [2.05, 4.69) is 30.6 Å². The van der Waals surface area contributed by atoms with E-state index in [4.69, 9.17) is 0 Å². The van der Waals surface area contributed by atoms with Crippen LogP contribution >= 0.6 is 0 Å². The zero-order valence-corrected chi connectivity index (χ0v) is 7.92. The predicted octanol–water partition coefficient (Wildman–Crippen LogP) is 1.21. The summed E-state index contributed by atoms with van der Waals surface area (Å²) in [5, 5.41) is 14.5. The van der Waals surface area contributed by atoms with Crippen molar-refractivity contribution in [2.24, 2.45) is 5.41 Å². The van der Waals surface area contributed by atoms with Crippen molar-refractivity contribution < 1.29 is 9.53 Å². The number of aromatic nitrogens is 2. The van der Waals surface area contributed by atoms with Crippen molar-refractivity contribution in [3.63, 3.8) is 0 Å². The van der Waals surface area contributed by atoms with Gasteiger partial charge in [0, 0.05) is 18.5 Å². The molecule has 0 bridgehead atoms. The highest BCUT2D eigenvalue weighted by Crippen LogP contribution is 2.19. The van der Waals surface area contributed by atoms with Gasteiger partial charge < -0.3 is 5.21 Å². The second-order valence-electron chi connectivity index (χ2n) is 4.20. The van der Waals surface area contributed by atoms with Gasteiger partial charge in [-0.2, -0.15) is 0 Å². The Bertz CT molecular complexity index is 273. The maximum Gasteiger partial charge on any atom is 0.221 e.